The number of rotatable bonds is 16. The number of anilines is 4. The molecule has 1 aromatic heterocycles. The topological polar surface area (TPSA) is 376 Å². The molecule has 0 radical (unpaired) electrons. The zero-order valence-electron chi connectivity index (χ0n) is 27.2. The molecule has 0 spiro atoms. The second kappa shape index (κ2) is 16.8. The van der Waals surface area contributed by atoms with E-state index in [-0.39, 0.29) is 28.4 Å². The van der Waals surface area contributed by atoms with Gasteiger partial charge in [0.15, 0.2) is 0 Å². The van der Waals surface area contributed by atoms with Crippen LogP contribution >= 0.6 is 0 Å². The highest BCUT2D eigenvalue weighted by Gasteiger charge is 2.21. The Morgan fingerprint density at radius 3 is 1.84 bits per heavy atom. The normalized spacial score (nSPS) is 12.6. The van der Waals surface area contributed by atoms with Crippen LogP contribution in [0.3, 0.4) is 0 Å². The summed E-state index contributed by atoms with van der Waals surface area (Å²) in [7, 11) is -18.7. The van der Waals surface area contributed by atoms with Crippen molar-refractivity contribution >= 4 is 92.5 Å². The van der Waals surface area contributed by atoms with E-state index < -0.39 is 105 Å². The van der Waals surface area contributed by atoms with Gasteiger partial charge in [-0.15, -0.1) is 10.2 Å². The van der Waals surface area contributed by atoms with Crippen molar-refractivity contribution in [2.24, 2.45) is 26.2 Å². The van der Waals surface area contributed by atoms with E-state index in [1.165, 1.54) is 36.4 Å². The summed E-state index contributed by atoms with van der Waals surface area (Å²) in [6.07, 6.45) is -1.48. The molecular formula is C26H26FN11O13S4. The minimum atomic E-state index is -5.00. The Bertz CT molecular complexity index is 2580. The maximum atomic E-state index is 14.7. The largest absolute Gasteiger partial charge is 0.351 e. The number of carbonyl (C=O) groups excluding carboxylic acids is 1. The monoisotopic (exact) mass is 847 g/mol. The van der Waals surface area contributed by atoms with Gasteiger partial charge in [0, 0.05) is 18.8 Å². The van der Waals surface area contributed by atoms with Gasteiger partial charge in [-0.1, -0.05) is 0 Å². The van der Waals surface area contributed by atoms with Crippen LogP contribution in [0, 0.1) is 6.08 Å². The van der Waals surface area contributed by atoms with E-state index in [2.05, 4.69) is 46.0 Å². The highest BCUT2D eigenvalue weighted by molar-refractivity contribution is 7.86. The summed E-state index contributed by atoms with van der Waals surface area (Å²) in [5.74, 6) is -3.24. The van der Waals surface area contributed by atoms with Crippen molar-refractivity contribution in [3.05, 3.63) is 66.7 Å². The lowest BCUT2D eigenvalue weighted by Gasteiger charge is -2.21. The minimum Gasteiger partial charge on any atom is -0.351 e. The molecular weight excluding hydrogens is 822 g/mol. The van der Waals surface area contributed by atoms with E-state index in [9.17, 15) is 56.5 Å². The molecule has 0 atom stereocenters. The zero-order chi connectivity index (χ0) is 40.8. The van der Waals surface area contributed by atoms with Crippen molar-refractivity contribution in [2.75, 3.05) is 40.1 Å². The second-order valence-corrected chi connectivity index (χ2v) is 16.6. The first-order valence-electron chi connectivity index (χ1n) is 14.5. The van der Waals surface area contributed by atoms with Crippen LogP contribution in [0.25, 0.3) is 0 Å². The molecule has 3 aromatic carbocycles. The molecule has 0 fully saturated rings. The third-order valence-corrected chi connectivity index (χ3v) is 9.68. The molecule has 0 aliphatic rings. The van der Waals surface area contributed by atoms with E-state index in [0.29, 0.717) is 0 Å². The predicted molar refractivity (Wildman–Crippen MR) is 189 cm³/mol. The standard InChI is InChI=1S/C26H26FN11O13S4/c27-23-31-25(33-26(32-23)38(9-11-52(40,41)42)10-12-53(43,44)45)30-21-13-16(29-24(28)39)3-7-19(21)36-37-20-8-4-17(14-22(20)55(49,50)51)35-34-15-1-5-18(6-2-15)54(46,47)48/h1-8,13-14H,9-12H2,(H3,28,29,39)(H,40,41,42)(H,43,44,45)(H,46,47,48)(H,49,50,51)(H,30,31,32,33). The molecule has 55 heavy (non-hydrogen) atoms. The zero-order valence-corrected chi connectivity index (χ0v) is 30.5. The number of nitrogens with zero attached hydrogens (tertiary/aromatic N) is 8. The Balaban J connectivity index is 1.70. The van der Waals surface area contributed by atoms with Crippen LogP contribution in [0.2, 0.25) is 0 Å². The van der Waals surface area contributed by atoms with Crippen molar-refractivity contribution < 1.29 is 61.1 Å². The lowest BCUT2D eigenvalue weighted by Crippen LogP contribution is -2.35. The molecule has 0 aliphatic heterocycles. The number of hydrogen-bond acceptors (Lipinski definition) is 18. The van der Waals surface area contributed by atoms with Crippen LogP contribution in [-0.2, 0) is 40.5 Å². The highest BCUT2D eigenvalue weighted by atomic mass is 32.2. The molecule has 0 bridgehead atoms. The lowest BCUT2D eigenvalue weighted by molar-refractivity contribution is 0.259. The molecule has 2 amide bonds. The van der Waals surface area contributed by atoms with Gasteiger partial charge in [0.25, 0.3) is 40.5 Å². The van der Waals surface area contributed by atoms with Crippen molar-refractivity contribution in [1.82, 2.24) is 15.0 Å². The number of nitrogens with two attached hydrogens (primary N) is 1. The fraction of sp³-hybridized carbons (Fsp3) is 0.154. The number of primary amides is 1. The molecule has 0 aliphatic carbocycles. The second-order valence-electron chi connectivity index (χ2n) is 10.6. The maximum absolute atomic E-state index is 14.7. The van der Waals surface area contributed by atoms with Crippen LogP contribution in [0.5, 0.6) is 0 Å². The van der Waals surface area contributed by atoms with E-state index >= 15 is 0 Å². The molecule has 0 saturated carbocycles. The Morgan fingerprint density at radius 1 is 0.709 bits per heavy atom. The fourth-order valence-electron chi connectivity index (χ4n) is 4.13. The molecule has 4 aromatic rings. The first-order chi connectivity index (χ1) is 25.4. The van der Waals surface area contributed by atoms with Gasteiger partial charge in [0.1, 0.15) is 16.3 Å². The molecule has 4 rings (SSSR count). The van der Waals surface area contributed by atoms with Crippen molar-refractivity contribution in [3.63, 3.8) is 0 Å². The Labute approximate surface area is 310 Å². The van der Waals surface area contributed by atoms with Gasteiger partial charge in [-0.2, -0.15) is 63.2 Å². The molecule has 1 heterocycles. The number of amides is 2. The van der Waals surface area contributed by atoms with Crippen molar-refractivity contribution in [3.8, 4) is 0 Å². The summed E-state index contributed by atoms with van der Waals surface area (Å²) in [5.41, 5.74) is 4.41. The Hall–Kier alpha value is -5.69. The first kappa shape index (κ1) is 42.1. The minimum absolute atomic E-state index is 0.0209. The summed E-state index contributed by atoms with van der Waals surface area (Å²) in [4.78, 5) is 21.9. The Morgan fingerprint density at radius 2 is 1.27 bits per heavy atom. The third-order valence-electron chi connectivity index (χ3n) is 6.53. The number of carbonyl (C=O) groups is 1. The highest BCUT2D eigenvalue weighted by Crippen LogP contribution is 2.35. The van der Waals surface area contributed by atoms with Gasteiger partial charge < -0.3 is 21.3 Å². The number of azo groups is 2. The van der Waals surface area contributed by atoms with E-state index in [4.69, 9.17) is 10.3 Å². The summed E-state index contributed by atoms with van der Waals surface area (Å²) in [6.45, 7) is -1.34. The molecule has 0 saturated heterocycles. The number of benzene rings is 3. The van der Waals surface area contributed by atoms with Crippen LogP contribution < -0.4 is 21.3 Å². The number of hydrogen-bond donors (Lipinski definition) is 7. The number of aromatic nitrogens is 3. The van der Waals surface area contributed by atoms with Crippen LogP contribution in [0.4, 0.5) is 55.2 Å². The molecule has 0 unspecified atom stereocenters. The van der Waals surface area contributed by atoms with Crippen LogP contribution in [-0.4, -0.2) is 97.5 Å². The molecule has 29 heteroatoms. The number of urea groups is 1. The van der Waals surface area contributed by atoms with Gasteiger partial charge >= 0.3 is 12.1 Å². The van der Waals surface area contributed by atoms with E-state index in [1.807, 2.05) is 0 Å². The Kier molecular flexibility index (Phi) is 12.8. The van der Waals surface area contributed by atoms with Gasteiger partial charge in [-0.25, -0.2) is 4.79 Å². The van der Waals surface area contributed by atoms with Gasteiger partial charge in [0.2, 0.25) is 11.9 Å². The lowest BCUT2D eigenvalue weighted by atomic mass is 10.2. The summed E-state index contributed by atoms with van der Waals surface area (Å²) in [6, 6.07) is 10.3. The van der Waals surface area contributed by atoms with Crippen LogP contribution in [0.1, 0.15) is 0 Å². The SMILES string of the molecule is NC(=O)Nc1ccc(N=Nc2ccc(N=Nc3ccc(S(=O)(=O)O)cc3)cc2S(=O)(=O)O)c(Nc2nc(F)nc(N(CCS(=O)(=O)O)CCS(=O)(=O)O)n2)c1. The summed E-state index contributed by atoms with van der Waals surface area (Å²) >= 11 is 0. The van der Waals surface area contributed by atoms with Crippen molar-refractivity contribution in [1.29, 1.82) is 0 Å². The summed E-state index contributed by atoms with van der Waals surface area (Å²) in [5, 5.41) is 20.3. The number of nitrogens with one attached hydrogen (secondary N) is 2. The first-order valence-corrected chi connectivity index (χ1v) is 20.6. The average Bonchev–Trinajstić information content (AvgIpc) is 3.05. The predicted octanol–water partition coefficient (Wildman–Crippen LogP) is 3.15. The van der Waals surface area contributed by atoms with Gasteiger partial charge in [-0.05, 0) is 60.7 Å². The quantitative estimate of drug-likeness (QED) is 0.0628. The summed E-state index contributed by atoms with van der Waals surface area (Å²) < 4.78 is 144. The van der Waals surface area contributed by atoms with Gasteiger partial charge in [0.05, 0.1) is 33.5 Å². The smallest absolute Gasteiger partial charge is 0.316 e. The molecule has 8 N–H and O–H groups in total. The van der Waals surface area contributed by atoms with Gasteiger partial charge in [-0.3, -0.25) is 18.2 Å². The average molecular weight is 848 g/mol. The van der Waals surface area contributed by atoms with Crippen LogP contribution in [0.15, 0.2) is 90.9 Å². The number of halogens is 1. The van der Waals surface area contributed by atoms with E-state index in [1.54, 1.807) is 0 Å². The molecule has 294 valence electrons. The fourth-order valence-corrected chi connectivity index (χ4v) is 6.15. The maximum Gasteiger partial charge on any atom is 0.316 e. The van der Waals surface area contributed by atoms with E-state index in [0.717, 1.165) is 29.2 Å². The molecule has 24 nitrogen and oxygen atoms in total. The van der Waals surface area contributed by atoms with Crippen molar-refractivity contribution in [2.45, 2.75) is 9.79 Å². The third kappa shape index (κ3) is 13.3.